The number of aromatic nitrogens is 1. The molecule has 3 aromatic rings. The van der Waals surface area contributed by atoms with Crippen LogP contribution in [0.3, 0.4) is 0 Å². The molecule has 6 nitrogen and oxygen atoms in total. The van der Waals surface area contributed by atoms with Crippen molar-refractivity contribution in [3.05, 3.63) is 58.4 Å². The highest BCUT2D eigenvalue weighted by atomic mass is 16.5. The van der Waals surface area contributed by atoms with Crippen LogP contribution in [0.25, 0.3) is 10.8 Å². The normalized spacial score (nSPS) is 11.0. The first-order chi connectivity index (χ1) is 14.1. The molecule has 0 aliphatic carbocycles. The van der Waals surface area contributed by atoms with Gasteiger partial charge in [-0.2, -0.15) is 0 Å². The van der Waals surface area contributed by atoms with Crippen molar-refractivity contribution in [3.63, 3.8) is 0 Å². The van der Waals surface area contributed by atoms with E-state index in [4.69, 9.17) is 9.47 Å². The maximum absolute atomic E-state index is 12.8. The minimum atomic E-state index is -0.655. The molecule has 0 saturated carbocycles. The molecule has 0 saturated heterocycles. The van der Waals surface area contributed by atoms with Crippen LogP contribution in [0.1, 0.15) is 31.7 Å². The lowest BCUT2D eigenvalue weighted by molar-refractivity contribution is 0.288. The second-order valence-corrected chi connectivity index (χ2v) is 6.94. The molecule has 1 heterocycles. The van der Waals surface area contributed by atoms with Gasteiger partial charge < -0.3 is 19.7 Å². The summed E-state index contributed by atoms with van der Waals surface area (Å²) >= 11 is 0. The molecule has 0 atom stereocenters. The fraction of sp³-hybridized carbons (Fsp3) is 0.348. The number of methoxy groups -OCH3 is 1. The number of nitrogens with zero attached hydrogens (tertiary/aromatic N) is 1. The Kier molecular flexibility index (Phi) is 6.65. The van der Waals surface area contributed by atoms with Gasteiger partial charge in [-0.25, -0.2) is 0 Å². The fourth-order valence-electron chi connectivity index (χ4n) is 3.38. The Morgan fingerprint density at radius 1 is 1.03 bits per heavy atom. The summed E-state index contributed by atoms with van der Waals surface area (Å²) in [6.45, 7) is 2.78. The van der Waals surface area contributed by atoms with Gasteiger partial charge in [0, 0.05) is 11.9 Å². The zero-order chi connectivity index (χ0) is 20.8. The number of unbranched alkanes of at least 4 members (excludes halogenated alkanes) is 2. The van der Waals surface area contributed by atoms with Gasteiger partial charge in [0.1, 0.15) is 0 Å². The molecule has 0 spiro atoms. The van der Waals surface area contributed by atoms with Gasteiger partial charge in [-0.05, 0) is 30.5 Å². The molecule has 2 N–H and O–H groups in total. The van der Waals surface area contributed by atoms with Crippen molar-refractivity contribution in [1.82, 2.24) is 4.57 Å². The average Bonchev–Trinajstić information content (AvgIpc) is 2.75. The lowest BCUT2D eigenvalue weighted by Gasteiger charge is -2.17. The van der Waals surface area contributed by atoms with E-state index in [1.54, 1.807) is 12.1 Å². The van der Waals surface area contributed by atoms with Crippen LogP contribution >= 0.6 is 0 Å². The molecule has 29 heavy (non-hydrogen) atoms. The van der Waals surface area contributed by atoms with Crippen LogP contribution in [0.2, 0.25) is 0 Å². The number of aromatic hydroxyl groups is 2. The van der Waals surface area contributed by atoms with Gasteiger partial charge in [-0.3, -0.25) is 9.36 Å². The molecular formula is C23H27NO5. The van der Waals surface area contributed by atoms with Crippen molar-refractivity contribution in [2.45, 2.75) is 39.2 Å². The SMILES string of the molecule is CCCCCOc1c(OC)ccc2c(O)n(CCc3ccccc3)c(=O)c(O)c12. The first kappa shape index (κ1) is 20.6. The Hall–Kier alpha value is -3.15. The molecule has 0 fully saturated rings. The number of ether oxygens (including phenoxy) is 2. The number of hydrogen-bond acceptors (Lipinski definition) is 5. The van der Waals surface area contributed by atoms with Crippen molar-refractivity contribution in [3.8, 4) is 23.1 Å². The van der Waals surface area contributed by atoms with Crippen LogP contribution in [0.4, 0.5) is 0 Å². The number of aryl methyl sites for hydroxylation is 1. The predicted octanol–water partition coefficient (Wildman–Crippen LogP) is 4.23. The number of rotatable bonds is 9. The Bertz CT molecular complexity index is 1030. The molecule has 2 aromatic carbocycles. The van der Waals surface area contributed by atoms with Crippen LogP contribution in [0.5, 0.6) is 23.1 Å². The largest absolute Gasteiger partial charge is 0.502 e. The number of benzene rings is 2. The monoisotopic (exact) mass is 397 g/mol. The summed E-state index contributed by atoms with van der Waals surface area (Å²) in [6.07, 6.45) is 3.46. The molecular weight excluding hydrogens is 370 g/mol. The van der Waals surface area contributed by atoms with Crippen LogP contribution in [0.15, 0.2) is 47.3 Å². The molecule has 0 unspecified atom stereocenters. The summed E-state index contributed by atoms with van der Waals surface area (Å²) in [5.41, 5.74) is 0.380. The second-order valence-electron chi connectivity index (χ2n) is 6.94. The Morgan fingerprint density at radius 2 is 1.79 bits per heavy atom. The van der Waals surface area contributed by atoms with Crippen molar-refractivity contribution in [1.29, 1.82) is 0 Å². The fourth-order valence-corrected chi connectivity index (χ4v) is 3.38. The summed E-state index contributed by atoms with van der Waals surface area (Å²) in [6, 6.07) is 13.0. The van der Waals surface area contributed by atoms with E-state index < -0.39 is 11.3 Å². The summed E-state index contributed by atoms with van der Waals surface area (Å²) in [4.78, 5) is 12.8. The van der Waals surface area contributed by atoms with E-state index in [2.05, 4.69) is 6.92 Å². The lowest BCUT2D eigenvalue weighted by Crippen LogP contribution is -2.21. The summed E-state index contributed by atoms with van der Waals surface area (Å²) in [5.74, 6) is 0.0430. The highest BCUT2D eigenvalue weighted by Crippen LogP contribution is 2.42. The highest BCUT2D eigenvalue weighted by Gasteiger charge is 2.22. The molecule has 0 amide bonds. The number of fused-ring (bicyclic) bond motifs is 1. The zero-order valence-corrected chi connectivity index (χ0v) is 16.9. The van der Waals surface area contributed by atoms with Crippen LogP contribution in [0, 0.1) is 0 Å². The summed E-state index contributed by atoms with van der Waals surface area (Å²) in [5, 5.41) is 22.0. The smallest absolute Gasteiger partial charge is 0.296 e. The molecule has 0 radical (unpaired) electrons. The van der Waals surface area contributed by atoms with Crippen LogP contribution in [-0.4, -0.2) is 28.5 Å². The first-order valence-electron chi connectivity index (χ1n) is 9.90. The van der Waals surface area contributed by atoms with Gasteiger partial charge >= 0.3 is 0 Å². The summed E-state index contributed by atoms with van der Waals surface area (Å²) < 4.78 is 12.4. The van der Waals surface area contributed by atoms with Crippen molar-refractivity contribution in [2.75, 3.05) is 13.7 Å². The van der Waals surface area contributed by atoms with Crippen molar-refractivity contribution >= 4 is 10.8 Å². The van der Waals surface area contributed by atoms with Gasteiger partial charge in [0.15, 0.2) is 17.2 Å². The molecule has 6 heteroatoms. The maximum Gasteiger partial charge on any atom is 0.296 e. The summed E-state index contributed by atoms with van der Waals surface area (Å²) in [7, 11) is 1.50. The molecule has 0 aliphatic heterocycles. The molecule has 0 aliphatic rings. The second kappa shape index (κ2) is 9.37. The quantitative estimate of drug-likeness (QED) is 0.528. The average molecular weight is 397 g/mol. The zero-order valence-electron chi connectivity index (χ0n) is 16.9. The van der Waals surface area contributed by atoms with E-state index in [9.17, 15) is 15.0 Å². The Balaban J connectivity index is 2.03. The van der Waals surface area contributed by atoms with Crippen LogP contribution in [-0.2, 0) is 13.0 Å². The van der Waals surface area contributed by atoms with E-state index >= 15 is 0 Å². The minimum absolute atomic E-state index is 0.180. The molecule has 154 valence electrons. The maximum atomic E-state index is 12.8. The molecule has 0 bridgehead atoms. The van der Waals surface area contributed by atoms with E-state index in [-0.39, 0.29) is 23.6 Å². The van der Waals surface area contributed by atoms with E-state index in [0.717, 1.165) is 24.8 Å². The first-order valence-corrected chi connectivity index (χ1v) is 9.90. The van der Waals surface area contributed by atoms with Gasteiger partial charge in [-0.15, -0.1) is 0 Å². The molecule has 1 aromatic heterocycles. The third-order valence-electron chi connectivity index (χ3n) is 4.98. The third kappa shape index (κ3) is 4.31. The predicted molar refractivity (Wildman–Crippen MR) is 113 cm³/mol. The van der Waals surface area contributed by atoms with Crippen molar-refractivity contribution < 1.29 is 19.7 Å². The van der Waals surface area contributed by atoms with Gasteiger partial charge in [-0.1, -0.05) is 50.1 Å². The van der Waals surface area contributed by atoms with Gasteiger partial charge in [0.2, 0.25) is 5.88 Å². The third-order valence-corrected chi connectivity index (χ3v) is 4.98. The van der Waals surface area contributed by atoms with E-state index in [0.29, 0.717) is 24.2 Å². The lowest BCUT2D eigenvalue weighted by atomic mass is 10.1. The van der Waals surface area contributed by atoms with E-state index in [1.807, 2.05) is 30.3 Å². The van der Waals surface area contributed by atoms with Gasteiger partial charge in [0.25, 0.3) is 5.56 Å². The standard InChI is InChI=1S/C23H27NO5/c1-3-4-8-15-29-21-18(28-2)12-11-17-19(21)20(25)23(27)24(22(17)26)14-13-16-9-6-5-7-10-16/h5-7,9-12,25-26H,3-4,8,13-15H2,1-2H3. The van der Waals surface area contributed by atoms with E-state index in [1.165, 1.54) is 11.7 Å². The Morgan fingerprint density at radius 3 is 2.48 bits per heavy atom. The van der Waals surface area contributed by atoms with Gasteiger partial charge in [0.05, 0.1) is 19.1 Å². The topological polar surface area (TPSA) is 80.9 Å². The highest BCUT2D eigenvalue weighted by molar-refractivity contribution is 5.98. The van der Waals surface area contributed by atoms with Crippen LogP contribution < -0.4 is 15.0 Å². The number of pyridine rings is 1. The molecule has 3 rings (SSSR count). The van der Waals surface area contributed by atoms with Crippen molar-refractivity contribution in [2.24, 2.45) is 0 Å². The number of hydrogen-bond donors (Lipinski definition) is 2. The minimum Gasteiger partial charge on any atom is -0.502 e. The Labute approximate surface area is 169 Å².